The second kappa shape index (κ2) is 11.0. The monoisotopic (exact) mass is 480 g/mol. The van der Waals surface area contributed by atoms with Gasteiger partial charge in [-0.3, -0.25) is 4.79 Å². The highest BCUT2D eigenvalue weighted by Crippen LogP contribution is 2.35. The van der Waals surface area contributed by atoms with Crippen LogP contribution in [0.5, 0.6) is 0 Å². The fourth-order valence-electron chi connectivity index (χ4n) is 3.90. The van der Waals surface area contributed by atoms with Crippen LogP contribution in [0.2, 0.25) is 0 Å². The highest BCUT2D eigenvalue weighted by atomic mass is 32.2. The lowest BCUT2D eigenvalue weighted by Crippen LogP contribution is -2.17. The summed E-state index contributed by atoms with van der Waals surface area (Å²) >= 11 is 2.29. The van der Waals surface area contributed by atoms with Gasteiger partial charge in [0.2, 0.25) is 5.91 Å². The average molecular weight is 481 g/mol. The molecule has 2 aromatic heterocycles. The third-order valence-electron chi connectivity index (χ3n) is 5.52. The first-order chi connectivity index (χ1) is 15.4. The molecule has 174 valence electrons. The molecule has 2 heterocycles. The molecule has 0 saturated heterocycles. The zero-order chi connectivity index (χ0) is 23.3. The molecule has 0 unspecified atom stereocenters. The van der Waals surface area contributed by atoms with E-state index in [1.807, 2.05) is 6.92 Å². The van der Waals surface area contributed by atoms with Crippen LogP contribution in [-0.4, -0.2) is 52.6 Å². The molecule has 1 aliphatic rings. The maximum atomic E-state index is 12.7. The summed E-state index contributed by atoms with van der Waals surface area (Å²) in [6.07, 6.45) is 5.94. The number of thioether (sulfide) groups is 1. The molecule has 0 bridgehead atoms. The minimum atomic E-state index is -0.625. The topological polar surface area (TPSA) is 112 Å². The van der Waals surface area contributed by atoms with Crippen LogP contribution in [0.3, 0.4) is 0 Å². The zero-order valence-corrected chi connectivity index (χ0v) is 20.4. The maximum Gasteiger partial charge on any atom is 0.348 e. The quantitative estimate of drug-likeness (QED) is 0.445. The Hall–Kier alpha value is -2.40. The Kier molecular flexibility index (Phi) is 8.30. The van der Waals surface area contributed by atoms with Crippen molar-refractivity contribution in [2.24, 2.45) is 0 Å². The van der Waals surface area contributed by atoms with Gasteiger partial charge in [-0.15, -0.1) is 21.5 Å². The number of rotatable bonds is 8. The summed E-state index contributed by atoms with van der Waals surface area (Å²) in [5.41, 5.74) is 0.576. The molecule has 32 heavy (non-hydrogen) atoms. The van der Waals surface area contributed by atoms with Gasteiger partial charge in [0.05, 0.1) is 25.5 Å². The summed E-state index contributed by atoms with van der Waals surface area (Å²) in [5.74, 6) is 0.00205. The van der Waals surface area contributed by atoms with E-state index in [0.717, 1.165) is 36.5 Å². The number of hydrogen-bond donors (Lipinski definition) is 1. The van der Waals surface area contributed by atoms with Crippen LogP contribution in [-0.2, 0) is 20.8 Å². The summed E-state index contributed by atoms with van der Waals surface area (Å²) in [6.45, 7) is 4.41. The average Bonchev–Trinajstić information content (AvgIpc) is 3.37. The highest BCUT2D eigenvalue weighted by Gasteiger charge is 2.27. The lowest BCUT2D eigenvalue weighted by molar-refractivity contribution is -0.113. The number of amides is 1. The van der Waals surface area contributed by atoms with E-state index in [4.69, 9.17) is 9.47 Å². The molecule has 1 N–H and O–H groups in total. The standard InChI is InChI=1S/C21H28N4O5S2/c1-5-25-17(13-9-7-6-8-10-13)23-24-21(25)31-11-14(26)22-18-15(19(27)29-3)12(2)16(32-18)20(28)30-4/h13H,5-11H2,1-4H3,(H,22,26). The summed E-state index contributed by atoms with van der Waals surface area (Å²) in [4.78, 5) is 37.2. The highest BCUT2D eigenvalue weighted by molar-refractivity contribution is 7.99. The lowest BCUT2D eigenvalue weighted by Gasteiger charge is -2.21. The van der Waals surface area contributed by atoms with E-state index in [-0.39, 0.29) is 27.1 Å². The summed E-state index contributed by atoms with van der Waals surface area (Å²) in [7, 11) is 2.51. The van der Waals surface area contributed by atoms with Gasteiger partial charge in [-0.05, 0) is 32.3 Å². The van der Waals surface area contributed by atoms with Crippen molar-refractivity contribution in [3.63, 3.8) is 0 Å². The van der Waals surface area contributed by atoms with Crippen molar-refractivity contribution in [1.29, 1.82) is 0 Å². The van der Waals surface area contributed by atoms with Gasteiger partial charge in [-0.1, -0.05) is 31.0 Å². The first-order valence-electron chi connectivity index (χ1n) is 10.6. The van der Waals surface area contributed by atoms with Crippen LogP contribution in [0, 0.1) is 6.92 Å². The van der Waals surface area contributed by atoms with Crippen molar-refractivity contribution in [3.05, 3.63) is 21.8 Å². The number of nitrogens with one attached hydrogen (secondary N) is 1. The van der Waals surface area contributed by atoms with E-state index in [1.54, 1.807) is 6.92 Å². The molecular formula is C21H28N4O5S2. The fourth-order valence-corrected chi connectivity index (χ4v) is 5.84. The van der Waals surface area contributed by atoms with E-state index in [1.165, 1.54) is 45.2 Å². The number of esters is 2. The number of carbonyl (C=O) groups is 3. The van der Waals surface area contributed by atoms with Gasteiger partial charge in [-0.2, -0.15) is 0 Å². The molecular weight excluding hydrogens is 452 g/mol. The van der Waals surface area contributed by atoms with Gasteiger partial charge >= 0.3 is 11.9 Å². The molecule has 0 atom stereocenters. The van der Waals surface area contributed by atoms with Crippen LogP contribution in [0.15, 0.2) is 5.16 Å². The number of nitrogens with zero attached hydrogens (tertiary/aromatic N) is 3. The number of ether oxygens (including phenoxy) is 2. The normalized spacial score (nSPS) is 14.2. The summed E-state index contributed by atoms with van der Waals surface area (Å²) < 4.78 is 11.7. The lowest BCUT2D eigenvalue weighted by atomic mass is 9.89. The van der Waals surface area contributed by atoms with Crippen molar-refractivity contribution < 1.29 is 23.9 Å². The third kappa shape index (κ3) is 5.15. The van der Waals surface area contributed by atoms with E-state index >= 15 is 0 Å². The van der Waals surface area contributed by atoms with E-state index in [0.29, 0.717) is 16.6 Å². The minimum absolute atomic E-state index is 0.0912. The van der Waals surface area contributed by atoms with Gasteiger partial charge in [0.1, 0.15) is 15.7 Å². The van der Waals surface area contributed by atoms with Crippen LogP contribution >= 0.6 is 23.1 Å². The van der Waals surface area contributed by atoms with Gasteiger partial charge in [0.25, 0.3) is 0 Å². The van der Waals surface area contributed by atoms with Crippen molar-refractivity contribution in [2.45, 2.75) is 63.6 Å². The number of aromatic nitrogens is 3. The molecule has 9 nitrogen and oxygen atoms in total. The maximum absolute atomic E-state index is 12.7. The van der Waals surface area contributed by atoms with Gasteiger partial charge < -0.3 is 19.4 Å². The van der Waals surface area contributed by atoms with E-state index in [2.05, 4.69) is 20.1 Å². The Bertz CT molecular complexity index is 995. The zero-order valence-electron chi connectivity index (χ0n) is 18.7. The number of thiophene rings is 1. The SMILES string of the molecule is CCn1c(SCC(=O)Nc2sc(C(=O)OC)c(C)c2C(=O)OC)nnc1C1CCCCC1. The van der Waals surface area contributed by atoms with Crippen LogP contribution in [0.4, 0.5) is 5.00 Å². The molecule has 0 spiro atoms. The van der Waals surface area contributed by atoms with Gasteiger partial charge in [0, 0.05) is 12.5 Å². The summed E-state index contributed by atoms with van der Waals surface area (Å²) in [6, 6.07) is 0. The van der Waals surface area contributed by atoms with Gasteiger partial charge in [0.15, 0.2) is 5.16 Å². The first kappa shape index (κ1) is 24.2. The molecule has 0 radical (unpaired) electrons. The van der Waals surface area contributed by atoms with Crippen molar-refractivity contribution in [2.75, 3.05) is 25.3 Å². The van der Waals surface area contributed by atoms with Crippen molar-refractivity contribution in [1.82, 2.24) is 14.8 Å². The predicted octanol–water partition coefficient (Wildman–Crippen LogP) is 4.02. The van der Waals surface area contributed by atoms with Crippen LogP contribution < -0.4 is 5.32 Å². The molecule has 3 rings (SSSR count). The number of anilines is 1. The first-order valence-corrected chi connectivity index (χ1v) is 12.4. The Morgan fingerprint density at radius 3 is 2.44 bits per heavy atom. The minimum Gasteiger partial charge on any atom is -0.465 e. The Morgan fingerprint density at radius 2 is 1.81 bits per heavy atom. The second-order valence-electron chi connectivity index (χ2n) is 7.50. The predicted molar refractivity (Wildman–Crippen MR) is 123 cm³/mol. The Labute approximate surface area is 195 Å². The second-order valence-corrected chi connectivity index (χ2v) is 9.46. The van der Waals surface area contributed by atoms with E-state index in [9.17, 15) is 14.4 Å². The molecule has 2 aromatic rings. The number of carbonyl (C=O) groups excluding carboxylic acids is 3. The number of hydrogen-bond acceptors (Lipinski definition) is 9. The molecule has 1 saturated carbocycles. The Balaban J connectivity index is 1.72. The fraction of sp³-hybridized carbons (Fsp3) is 0.571. The molecule has 11 heteroatoms. The third-order valence-corrected chi connectivity index (χ3v) is 7.68. The number of methoxy groups -OCH3 is 2. The molecule has 0 aliphatic heterocycles. The van der Waals surface area contributed by atoms with Gasteiger partial charge in [-0.25, -0.2) is 9.59 Å². The largest absolute Gasteiger partial charge is 0.465 e. The Morgan fingerprint density at radius 1 is 1.12 bits per heavy atom. The van der Waals surface area contributed by atoms with Crippen LogP contribution in [0.25, 0.3) is 0 Å². The molecule has 1 aliphatic carbocycles. The molecule has 1 amide bonds. The van der Waals surface area contributed by atoms with Crippen molar-refractivity contribution >= 4 is 45.9 Å². The van der Waals surface area contributed by atoms with Crippen molar-refractivity contribution in [3.8, 4) is 0 Å². The molecule has 0 aromatic carbocycles. The molecule has 1 fully saturated rings. The van der Waals surface area contributed by atoms with E-state index < -0.39 is 11.9 Å². The summed E-state index contributed by atoms with van der Waals surface area (Å²) in [5, 5.41) is 12.4. The van der Waals surface area contributed by atoms with Crippen LogP contribution in [0.1, 0.15) is 76.4 Å². The smallest absolute Gasteiger partial charge is 0.348 e.